The molecule has 11 heteroatoms. The first-order chi connectivity index (χ1) is 9.53. The van der Waals surface area contributed by atoms with Crippen LogP contribution in [0.1, 0.15) is 10.4 Å². The van der Waals surface area contributed by atoms with E-state index in [0.717, 1.165) is 18.4 Å². The molecular formula is C10H13FN2O6S2. The molecule has 0 bridgehead atoms. The van der Waals surface area contributed by atoms with E-state index in [0.29, 0.717) is 6.07 Å². The van der Waals surface area contributed by atoms with E-state index in [2.05, 4.69) is 9.44 Å². The highest BCUT2D eigenvalue weighted by atomic mass is 32.2. The molecule has 1 aromatic carbocycles. The number of hydrogen-bond donors (Lipinski definition) is 3. The minimum atomic E-state index is -4.07. The van der Waals surface area contributed by atoms with Gasteiger partial charge < -0.3 is 5.11 Å². The van der Waals surface area contributed by atoms with Gasteiger partial charge in [-0.3, -0.25) is 0 Å². The summed E-state index contributed by atoms with van der Waals surface area (Å²) in [5.74, 6) is -2.65. The highest BCUT2D eigenvalue weighted by molar-refractivity contribution is 7.89. The Bertz CT molecular complexity index is 745. The van der Waals surface area contributed by atoms with E-state index < -0.39 is 42.3 Å². The van der Waals surface area contributed by atoms with Gasteiger partial charge in [0, 0.05) is 13.1 Å². The fraction of sp³-hybridized carbons (Fsp3) is 0.300. The number of nitrogens with one attached hydrogen (secondary N) is 2. The molecular weight excluding hydrogens is 327 g/mol. The van der Waals surface area contributed by atoms with Gasteiger partial charge in [-0.1, -0.05) is 0 Å². The van der Waals surface area contributed by atoms with Crippen LogP contribution in [0.2, 0.25) is 0 Å². The molecule has 0 radical (unpaired) electrons. The Kier molecular flexibility index (Phi) is 5.39. The lowest BCUT2D eigenvalue weighted by molar-refractivity contribution is 0.0691. The second-order valence-corrected chi connectivity index (χ2v) is 7.61. The van der Waals surface area contributed by atoms with E-state index in [9.17, 15) is 26.0 Å². The first-order valence-electron chi connectivity index (χ1n) is 5.50. The summed E-state index contributed by atoms with van der Waals surface area (Å²) in [6.07, 6.45) is 0.917. The van der Waals surface area contributed by atoms with Crippen LogP contribution in [0.5, 0.6) is 0 Å². The predicted octanol–water partition coefficient (Wildman–Crippen LogP) is -0.649. The van der Waals surface area contributed by atoms with Crippen LogP contribution in [0.4, 0.5) is 4.39 Å². The molecule has 0 unspecified atom stereocenters. The third-order valence-corrected chi connectivity index (χ3v) is 4.45. The summed E-state index contributed by atoms with van der Waals surface area (Å²) in [5, 5.41) is 8.73. The fourth-order valence-corrected chi connectivity index (χ4v) is 2.87. The number of sulfonamides is 2. The number of rotatable bonds is 7. The zero-order valence-corrected chi connectivity index (χ0v) is 12.5. The normalized spacial score (nSPS) is 12.3. The predicted molar refractivity (Wildman–Crippen MR) is 71.4 cm³/mol. The van der Waals surface area contributed by atoms with Gasteiger partial charge in [-0.15, -0.1) is 0 Å². The van der Waals surface area contributed by atoms with Crippen LogP contribution in [-0.2, 0) is 20.0 Å². The van der Waals surface area contributed by atoms with Crippen LogP contribution >= 0.6 is 0 Å². The molecule has 8 nitrogen and oxygen atoms in total. The lowest BCUT2D eigenvalue weighted by atomic mass is 10.2. The van der Waals surface area contributed by atoms with E-state index in [1.165, 1.54) is 0 Å². The number of aromatic carboxylic acids is 1. The molecule has 0 aliphatic carbocycles. The van der Waals surface area contributed by atoms with Crippen molar-refractivity contribution in [3.8, 4) is 0 Å². The summed E-state index contributed by atoms with van der Waals surface area (Å²) in [7, 11) is -7.51. The smallest absolute Gasteiger partial charge is 0.338 e. The molecule has 118 valence electrons. The van der Waals surface area contributed by atoms with E-state index in [1.54, 1.807) is 0 Å². The van der Waals surface area contributed by atoms with Gasteiger partial charge in [-0.2, -0.15) is 0 Å². The maximum absolute atomic E-state index is 13.2. The third kappa shape index (κ3) is 5.38. The Labute approximate surface area is 121 Å². The first kappa shape index (κ1) is 17.5. The van der Waals surface area contributed by atoms with Gasteiger partial charge in [0.25, 0.3) is 0 Å². The molecule has 3 N–H and O–H groups in total. The zero-order chi connectivity index (χ0) is 16.3. The lowest BCUT2D eigenvalue weighted by Gasteiger charge is -2.08. The van der Waals surface area contributed by atoms with E-state index in [4.69, 9.17) is 5.11 Å². The first-order valence-corrected chi connectivity index (χ1v) is 8.87. The summed E-state index contributed by atoms with van der Waals surface area (Å²) in [6.45, 7) is -0.416. The van der Waals surface area contributed by atoms with Gasteiger partial charge in [0.2, 0.25) is 20.0 Å². The van der Waals surface area contributed by atoms with Crippen molar-refractivity contribution in [2.75, 3.05) is 19.3 Å². The fourth-order valence-electron chi connectivity index (χ4n) is 1.34. The van der Waals surface area contributed by atoms with Crippen molar-refractivity contribution < 1.29 is 31.1 Å². The van der Waals surface area contributed by atoms with Crippen molar-refractivity contribution in [1.82, 2.24) is 9.44 Å². The molecule has 0 aliphatic rings. The summed E-state index contributed by atoms with van der Waals surface area (Å²) in [6, 6.07) is 2.32. The standard InChI is InChI=1S/C10H13FN2O6S2/c1-20(16,17)12-4-5-13-21(18,19)7-2-3-9(11)8(6-7)10(14)15/h2-3,6,12-13H,4-5H2,1H3,(H,14,15). The number of halogens is 1. The van der Waals surface area contributed by atoms with Gasteiger partial charge in [-0.25, -0.2) is 35.5 Å². The lowest BCUT2D eigenvalue weighted by Crippen LogP contribution is -2.34. The Morgan fingerprint density at radius 3 is 2.29 bits per heavy atom. The van der Waals surface area contributed by atoms with Crippen LogP contribution in [0.3, 0.4) is 0 Å². The molecule has 0 saturated carbocycles. The molecule has 0 amide bonds. The van der Waals surface area contributed by atoms with E-state index >= 15 is 0 Å². The Balaban J connectivity index is 2.84. The van der Waals surface area contributed by atoms with Gasteiger partial charge >= 0.3 is 5.97 Å². The number of carboxylic acids is 1. The van der Waals surface area contributed by atoms with Crippen molar-refractivity contribution in [1.29, 1.82) is 0 Å². The van der Waals surface area contributed by atoms with Crippen molar-refractivity contribution in [3.63, 3.8) is 0 Å². The van der Waals surface area contributed by atoms with Crippen molar-refractivity contribution in [2.45, 2.75) is 4.90 Å². The maximum Gasteiger partial charge on any atom is 0.338 e. The Morgan fingerprint density at radius 1 is 1.19 bits per heavy atom. The molecule has 1 rings (SSSR count). The largest absolute Gasteiger partial charge is 0.478 e. The highest BCUT2D eigenvalue weighted by Crippen LogP contribution is 2.15. The van der Waals surface area contributed by atoms with E-state index in [-0.39, 0.29) is 13.1 Å². The van der Waals surface area contributed by atoms with Crippen molar-refractivity contribution >= 4 is 26.0 Å². The number of carboxylic acid groups (broad SMARTS) is 1. The van der Waals surface area contributed by atoms with Crippen molar-refractivity contribution in [3.05, 3.63) is 29.6 Å². The summed E-state index contributed by atoms with van der Waals surface area (Å²) >= 11 is 0. The van der Waals surface area contributed by atoms with Gasteiger partial charge in [0.15, 0.2) is 0 Å². The molecule has 0 aromatic heterocycles. The van der Waals surface area contributed by atoms with Gasteiger partial charge in [-0.05, 0) is 18.2 Å². The maximum atomic E-state index is 13.2. The molecule has 0 atom stereocenters. The van der Waals surface area contributed by atoms with Crippen LogP contribution in [0, 0.1) is 5.82 Å². The van der Waals surface area contributed by atoms with Gasteiger partial charge in [0.05, 0.1) is 16.7 Å². The van der Waals surface area contributed by atoms with Gasteiger partial charge in [0.1, 0.15) is 5.82 Å². The minimum absolute atomic E-state index is 0.176. The quantitative estimate of drug-likeness (QED) is 0.566. The van der Waals surface area contributed by atoms with E-state index in [1.807, 2.05) is 0 Å². The number of carbonyl (C=O) groups is 1. The zero-order valence-electron chi connectivity index (χ0n) is 10.8. The third-order valence-electron chi connectivity index (χ3n) is 2.26. The SMILES string of the molecule is CS(=O)(=O)NCCNS(=O)(=O)c1ccc(F)c(C(=O)O)c1. The molecule has 0 aliphatic heterocycles. The molecule has 0 heterocycles. The van der Waals surface area contributed by atoms with Crippen molar-refractivity contribution in [2.24, 2.45) is 0 Å². The number of hydrogen-bond acceptors (Lipinski definition) is 5. The van der Waals surface area contributed by atoms with Crippen LogP contribution < -0.4 is 9.44 Å². The second kappa shape index (κ2) is 6.47. The van der Waals surface area contributed by atoms with Crippen LogP contribution in [0.15, 0.2) is 23.1 Å². The summed E-state index contributed by atoms with van der Waals surface area (Å²) in [4.78, 5) is 10.3. The number of benzene rings is 1. The molecule has 1 aromatic rings. The highest BCUT2D eigenvalue weighted by Gasteiger charge is 2.18. The molecule has 0 saturated heterocycles. The minimum Gasteiger partial charge on any atom is -0.478 e. The summed E-state index contributed by atoms with van der Waals surface area (Å²) in [5.41, 5.74) is -0.771. The summed E-state index contributed by atoms with van der Waals surface area (Å²) < 4.78 is 62.6. The van der Waals surface area contributed by atoms with Crippen LogP contribution in [-0.4, -0.2) is 47.3 Å². The Morgan fingerprint density at radius 2 is 1.76 bits per heavy atom. The molecule has 21 heavy (non-hydrogen) atoms. The van der Waals surface area contributed by atoms with Crippen LogP contribution in [0.25, 0.3) is 0 Å². The average Bonchev–Trinajstić information content (AvgIpc) is 2.33. The Hall–Kier alpha value is -1.56. The topological polar surface area (TPSA) is 130 Å². The molecule has 0 spiro atoms. The second-order valence-electron chi connectivity index (χ2n) is 4.01. The monoisotopic (exact) mass is 340 g/mol. The average molecular weight is 340 g/mol. The molecule has 0 fully saturated rings.